The van der Waals surface area contributed by atoms with Crippen LogP contribution in [0.15, 0.2) is 33.5 Å². The number of amides is 2. The van der Waals surface area contributed by atoms with Gasteiger partial charge in [0.2, 0.25) is 5.91 Å². The van der Waals surface area contributed by atoms with Crippen molar-refractivity contribution >= 4 is 23.1 Å². The van der Waals surface area contributed by atoms with Gasteiger partial charge in [-0.3, -0.25) is 9.36 Å². The third kappa shape index (κ3) is 3.12. The molecule has 1 saturated heterocycles. The minimum atomic E-state index is -0.713. The fourth-order valence-electron chi connectivity index (χ4n) is 2.73. The van der Waals surface area contributed by atoms with Gasteiger partial charge in [-0.25, -0.2) is 9.59 Å². The number of carbonyl (C=O) groups excluding carboxylic acids is 2. The monoisotopic (exact) mass is 333 g/mol. The van der Waals surface area contributed by atoms with Crippen LogP contribution in [0.25, 0.3) is 11.1 Å². The van der Waals surface area contributed by atoms with Crippen molar-refractivity contribution in [2.75, 3.05) is 26.2 Å². The van der Waals surface area contributed by atoms with Crippen molar-refractivity contribution < 1.29 is 18.7 Å². The number of carbonyl (C=O) groups is 2. The molecule has 1 aromatic heterocycles. The quantitative estimate of drug-likeness (QED) is 0.885. The highest BCUT2D eigenvalue weighted by atomic mass is 16.6. The molecule has 1 aromatic carbocycles. The van der Waals surface area contributed by atoms with E-state index in [1.54, 1.807) is 36.1 Å². The van der Waals surface area contributed by atoms with Gasteiger partial charge in [0.1, 0.15) is 6.04 Å². The van der Waals surface area contributed by atoms with Crippen LogP contribution >= 0.6 is 0 Å². The summed E-state index contributed by atoms with van der Waals surface area (Å²) in [7, 11) is 0. The summed E-state index contributed by atoms with van der Waals surface area (Å²) >= 11 is 0. The summed E-state index contributed by atoms with van der Waals surface area (Å²) in [5.74, 6) is -0.882. The maximum absolute atomic E-state index is 12.3. The molecule has 1 atom stereocenters. The molecule has 0 radical (unpaired) electrons. The van der Waals surface area contributed by atoms with E-state index >= 15 is 0 Å². The largest absolute Gasteiger partial charge is 0.449 e. The molecular weight excluding hydrogens is 314 g/mol. The second-order valence-electron chi connectivity index (χ2n) is 5.63. The van der Waals surface area contributed by atoms with Crippen molar-refractivity contribution in [3.63, 3.8) is 0 Å². The molecule has 8 nitrogen and oxygen atoms in total. The summed E-state index contributed by atoms with van der Waals surface area (Å²) < 4.78 is 11.4. The molecule has 0 aliphatic carbocycles. The van der Waals surface area contributed by atoms with Gasteiger partial charge < -0.3 is 19.4 Å². The average Bonchev–Trinajstić information content (AvgIpc) is 2.91. The molecule has 1 N–H and O–H groups in total. The molecule has 2 amide bonds. The number of oxazole rings is 1. The van der Waals surface area contributed by atoms with E-state index in [1.807, 2.05) is 0 Å². The molecule has 1 aliphatic rings. The van der Waals surface area contributed by atoms with Crippen LogP contribution in [-0.2, 0) is 9.53 Å². The zero-order chi connectivity index (χ0) is 17.1. The minimum absolute atomic E-state index is 0.294. The van der Waals surface area contributed by atoms with E-state index in [0.29, 0.717) is 37.3 Å². The van der Waals surface area contributed by atoms with Crippen LogP contribution < -0.4 is 11.1 Å². The predicted octanol–water partition coefficient (Wildman–Crippen LogP) is 1.11. The molecule has 8 heteroatoms. The van der Waals surface area contributed by atoms with Gasteiger partial charge in [-0.2, -0.15) is 0 Å². The van der Waals surface area contributed by atoms with Crippen molar-refractivity contribution in [2.24, 2.45) is 0 Å². The molecular formula is C16H19N3O5. The van der Waals surface area contributed by atoms with E-state index in [9.17, 15) is 14.4 Å². The van der Waals surface area contributed by atoms with Crippen molar-refractivity contribution in [1.82, 2.24) is 14.8 Å². The van der Waals surface area contributed by atoms with Gasteiger partial charge in [-0.15, -0.1) is 0 Å². The lowest BCUT2D eigenvalue weighted by Gasteiger charge is -2.26. The van der Waals surface area contributed by atoms with E-state index in [2.05, 4.69) is 5.32 Å². The van der Waals surface area contributed by atoms with Gasteiger partial charge in [0.05, 0.1) is 12.1 Å². The Morgan fingerprint density at radius 1 is 1.33 bits per heavy atom. The number of nitrogens with one attached hydrogen (secondary N) is 1. The van der Waals surface area contributed by atoms with Gasteiger partial charge in [-0.1, -0.05) is 12.1 Å². The number of cyclic esters (lactones) is 1. The van der Waals surface area contributed by atoms with Crippen molar-refractivity contribution in [3.05, 3.63) is 34.8 Å². The number of ether oxygens (including phenoxy) is 1. The summed E-state index contributed by atoms with van der Waals surface area (Å²) in [6.45, 7) is 3.36. The number of nitrogens with zero attached hydrogens (tertiary/aromatic N) is 2. The Balaban J connectivity index is 1.63. The summed E-state index contributed by atoms with van der Waals surface area (Å²) in [5.41, 5.74) is 1.02. The van der Waals surface area contributed by atoms with Crippen LogP contribution in [0.2, 0.25) is 0 Å². The van der Waals surface area contributed by atoms with E-state index in [0.717, 1.165) is 6.42 Å². The van der Waals surface area contributed by atoms with Crippen LogP contribution in [0.5, 0.6) is 0 Å². The maximum atomic E-state index is 12.3. The van der Waals surface area contributed by atoms with Crippen LogP contribution in [0.3, 0.4) is 0 Å². The third-order valence-corrected chi connectivity index (χ3v) is 4.02. The highest BCUT2D eigenvalue weighted by Gasteiger charge is 2.22. The lowest BCUT2D eigenvalue weighted by molar-refractivity contribution is -0.124. The van der Waals surface area contributed by atoms with Crippen molar-refractivity contribution in [1.29, 1.82) is 0 Å². The summed E-state index contributed by atoms with van der Waals surface area (Å²) in [6.07, 6.45) is 0.424. The standard InChI is InChI=1S/C16H19N3O5/c1-11(19-12-5-2-3-6-13(12)24-16(19)22)14(20)17-7-9-18-8-4-10-23-15(18)21/h2-3,5-6,11H,4,7-10H2,1H3,(H,17,20)/t11-/m1/s1. The second kappa shape index (κ2) is 6.77. The molecule has 1 fully saturated rings. The van der Waals surface area contributed by atoms with Crippen LogP contribution in [0.1, 0.15) is 19.4 Å². The Morgan fingerprint density at radius 2 is 2.12 bits per heavy atom. The van der Waals surface area contributed by atoms with Crippen LogP contribution in [0, 0.1) is 0 Å². The number of hydrogen-bond acceptors (Lipinski definition) is 5. The number of benzene rings is 1. The molecule has 0 unspecified atom stereocenters. The van der Waals surface area contributed by atoms with Gasteiger partial charge in [-0.05, 0) is 25.5 Å². The Labute approximate surface area is 138 Å². The summed E-state index contributed by atoms with van der Waals surface area (Å²) in [4.78, 5) is 37.4. The maximum Gasteiger partial charge on any atom is 0.420 e. The van der Waals surface area contributed by atoms with Gasteiger partial charge >= 0.3 is 11.8 Å². The van der Waals surface area contributed by atoms with Crippen LogP contribution in [0.4, 0.5) is 4.79 Å². The van der Waals surface area contributed by atoms with Gasteiger partial charge in [0, 0.05) is 19.6 Å². The zero-order valence-corrected chi connectivity index (χ0v) is 13.4. The molecule has 0 spiro atoms. The first-order valence-corrected chi connectivity index (χ1v) is 7.87. The molecule has 3 rings (SSSR count). The van der Waals surface area contributed by atoms with Crippen molar-refractivity contribution in [3.8, 4) is 0 Å². The van der Waals surface area contributed by atoms with E-state index in [4.69, 9.17) is 9.15 Å². The van der Waals surface area contributed by atoms with E-state index in [-0.39, 0.29) is 12.0 Å². The minimum Gasteiger partial charge on any atom is -0.449 e. The number of rotatable bonds is 5. The summed E-state index contributed by atoms with van der Waals surface area (Å²) in [5, 5.41) is 2.74. The Hall–Kier alpha value is -2.77. The Kier molecular flexibility index (Phi) is 4.54. The van der Waals surface area contributed by atoms with E-state index in [1.165, 1.54) is 4.57 Å². The topological polar surface area (TPSA) is 93.8 Å². The lowest BCUT2D eigenvalue weighted by Crippen LogP contribution is -2.43. The Bertz CT molecular complexity index is 809. The molecule has 0 bridgehead atoms. The first kappa shape index (κ1) is 16.1. The van der Waals surface area contributed by atoms with Crippen LogP contribution in [-0.4, -0.2) is 47.7 Å². The third-order valence-electron chi connectivity index (χ3n) is 4.02. The average molecular weight is 333 g/mol. The first-order chi connectivity index (χ1) is 11.6. The molecule has 2 aromatic rings. The first-order valence-electron chi connectivity index (χ1n) is 7.87. The number of fused-ring (bicyclic) bond motifs is 1. The zero-order valence-electron chi connectivity index (χ0n) is 13.4. The van der Waals surface area contributed by atoms with Gasteiger partial charge in [0.25, 0.3) is 0 Å². The lowest BCUT2D eigenvalue weighted by atomic mass is 10.2. The molecule has 0 saturated carbocycles. The molecule has 128 valence electrons. The van der Waals surface area contributed by atoms with Gasteiger partial charge in [0.15, 0.2) is 5.58 Å². The molecule has 2 heterocycles. The number of para-hydroxylation sites is 2. The SMILES string of the molecule is C[C@H](C(=O)NCCN1CCCOC1=O)n1c(=O)oc2ccccc21. The molecule has 24 heavy (non-hydrogen) atoms. The second-order valence-corrected chi connectivity index (χ2v) is 5.63. The van der Waals surface area contributed by atoms with Crippen molar-refractivity contribution in [2.45, 2.75) is 19.4 Å². The molecule has 1 aliphatic heterocycles. The fraction of sp³-hybridized carbons (Fsp3) is 0.438. The Morgan fingerprint density at radius 3 is 2.92 bits per heavy atom. The number of aromatic nitrogens is 1. The summed E-state index contributed by atoms with van der Waals surface area (Å²) in [6, 6.07) is 6.24. The number of hydrogen-bond donors (Lipinski definition) is 1. The smallest absolute Gasteiger partial charge is 0.420 e. The normalized spacial score (nSPS) is 16.0. The van der Waals surface area contributed by atoms with E-state index < -0.39 is 11.8 Å². The highest BCUT2D eigenvalue weighted by molar-refractivity contribution is 5.82. The predicted molar refractivity (Wildman–Crippen MR) is 85.7 cm³/mol. The highest BCUT2D eigenvalue weighted by Crippen LogP contribution is 2.16. The fourth-order valence-corrected chi connectivity index (χ4v) is 2.73.